The van der Waals surface area contributed by atoms with Gasteiger partial charge in [-0.05, 0) is 13.8 Å². The van der Waals surface area contributed by atoms with Gasteiger partial charge in [-0.15, -0.1) is 0 Å². The lowest BCUT2D eigenvalue weighted by Crippen LogP contribution is -2.70. The van der Waals surface area contributed by atoms with Crippen molar-refractivity contribution in [3.63, 3.8) is 0 Å². The van der Waals surface area contributed by atoms with Gasteiger partial charge >= 0.3 is 0 Å². The van der Waals surface area contributed by atoms with Crippen molar-refractivity contribution in [2.45, 2.75) is 198 Å². The minimum absolute atomic E-state index is 0.799. The highest BCUT2D eigenvalue weighted by molar-refractivity contribution is 5.01. The molecule has 0 spiro atoms. The summed E-state index contributed by atoms with van der Waals surface area (Å²) in [6.07, 6.45) is -51.0. The molecule has 6 aliphatic heterocycles. The molecule has 6 heterocycles. The highest BCUT2D eigenvalue weighted by atomic mass is 16.8. The topological polar surface area (TPSA) is 460 Å². The largest absolute Gasteiger partial charge is 0.394 e. The average molecular weight is 972 g/mol. The van der Waals surface area contributed by atoms with E-state index in [4.69, 9.17) is 62.6 Å². The minimum Gasteiger partial charge on any atom is -0.394 e. The van der Waals surface area contributed by atoms with Crippen LogP contribution in [0.25, 0.3) is 0 Å². The van der Waals surface area contributed by atoms with Crippen molar-refractivity contribution < 1.29 is 139 Å². The standard InChI is InChI=1S/C37H65NO28/c1-8-15(43)19(47)23(51)34(56-8)63-28-13(7-42)60-32(65-30-18(46)11(5-40)58-36(26(30)54)62-27-12(6-41)61-33(55-3)25(53)22(27)50)14(38)29(28)64-37-31(21(49)17(45)10(4-39)59-37)66-35-24(52)20(48)16(44)9(2)57-35/h8-37,39-54H,4-7,38H2,1-3H3/t8-,9?,10?,11?,12?,13?,14?,15+,16+,17-,18-,19?,20-,21-,22+,23?,24?,25-,26?,27+,28+,29+,30-,31?,32-,33?,34-,35-,36-,37-/m0/s1. The highest BCUT2D eigenvalue weighted by Crippen LogP contribution is 2.37. The maximum absolute atomic E-state index is 11.6. The van der Waals surface area contributed by atoms with Gasteiger partial charge in [0.15, 0.2) is 37.7 Å². The van der Waals surface area contributed by atoms with Crippen molar-refractivity contribution in [2.24, 2.45) is 5.73 Å². The van der Waals surface area contributed by atoms with Crippen LogP contribution in [0.1, 0.15) is 13.8 Å². The number of hydrogen-bond acceptors (Lipinski definition) is 29. The molecule has 66 heavy (non-hydrogen) atoms. The molecule has 6 rings (SSSR count). The van der Waals surface area contributed by atoms with Crippen molar-refractivity contribution >= 4 is 0 Å². The summed E-state index contributed by atoms with van der Waals surface area (Å²) in [6.45, 7) is -1.02. The van der Waals surface area contributed by atoms with E-state index >= 15 is 0 Å². The van der Waals surface area contributed by atoms with Crippen molar-refractivity contribution in [3.8, 4) is 0 Å². The molecule has 12 unspecified atom stereocenters. The third-order valence-corrected chi connectivity index (χ3v) is 12.6. The molecule has 6 saturated heterocycles. The van der Waals surface area contributed by atoms with E-state index in [1.807, 2.05) is 0 Å². The monoisotopic (exact) mass is 971 g/mol. The Kier molecular flexibility index (Phi) is 18.8. The SMILES string of the molecule is COC1OC(CO)[C@@H](O[C@@H]2OC(CO)[C@H](O)[C@H](O[C@@H]3OC(CO)[C@@H](O[C@@H]4O[C@@H](C)[C@@H](O)C(O)C4O)[C@H](O[C@@H]4OC(CO)[C@H](O)[C@H](O)C4O[C@@H]4OC(C)[C@@H](O)[C@H](O)C4O)C3N)C2O)[C@H](O)[C@@H]1O. The summed E-state index contributed by atoms with van der Waals surface area (Å²) in [5, 5.41) is 171. The summed E-state index contributed by atoms with van der Waals surface area (Å²) >= 11 is 0. The Morgan fingerprint density at radius 3 is 1.24 bits per heavy atom. The number of ether oxygens (including phenoxy) is 12. The fraction of sp³-hybridized carbons (Fsp3) is 1.00. The molecule has 0 bridgehead atoms. The number of aliphatic hydroxyl groups is 16. The van der Waals surface area contributed by atoms with E-state index in [0.29, 0.717) is 0 Å². The Morgan fingerprint density at radius 2 is 0.712 bits per heavy atom. The second-order valence-corrected chi connectivity index (χ2v) is 17.0. The highest BCUT2D eigenvalue weighted by Gasteiger charge is 2.58. The van der Waals surface area contributed by atoms with Crippen molar-refractivity contribution in [1.29, 1.82) is 0 Å². The molecule has 0 aromatic carbocycles. The van der Waals surface area contributed by atoms with Gasteiger partial charge in [0.05, 0.1) is 44.7 Å². The lowest BCUT2D eigenvalue weighted by Gasteiger charge is -2.51. The third-order valence-electron chi connectivity index (χ3n) is 12.6. The average Bonchev–Trinajstić information content (AvgIpc) is 3.30. The van der Waals surface area contributed by atoms with Crippen LogP contribution in [0, 0.1) is 0 Å². The molecule has 0 aromatic heterocycles. The molecule has 6 fully saturated rings. The molecule has 29 nitrogen and oxygen atoms in total. The van der Waals surface area contributed by atoms with Crippen molar-refractivity contribution in [3.05, 3.63) is 0 Å². The van der Waals surface area contributed by atoms with Gasteiger partial charge in [-0.25, -0.2) is 0 Å². The molecule has 29 heteroatoms. The van der Waals surface area contributed by atoms with Crippen LogP contribution in [0.3, 0.4) is 0 Å². The Hall–Kier alpha value is -1.16. The summed E-state index contributed by atoms with van der Waals surface area (Å²) in [5.41, 5.74) is 6.75. The van der Waals surface area contributed by atoms with Gasteiger partial charge in [0.2, 0.25) is 0 Å². The Bertz CT molecular complexity index is 1500. The lowest BCUT2D eigenvalue weighted by molar-refractivity contribution is -0.399. The van der Waals surface area contributed by atoms with Crippen LogP contribution in [-0.4, -0.2) is 299 Å². The molecular weight excluding hydrogens is 906 g/mol. The second kappa shape index (κ2) is 22.9. The lowest BCUT2D eigenvalue weighted by atomic mass is 9.94. The molecule has 18 N–H and O–H groups in total. The molecule has 30 atom stereocenters. The van der Waals surface area contributed by atoms with Gasteiger partial charge in [0.1, 0.15) is 128 Å². The van der Waals surface area contributed by atoms with Crippen LogP contribution in [-0.2, 0) is 56.8 Å². The first-order chi connectivity index (χ1) is 31.2. The van der Waals surface area contributed by atoms with Crippen LogP contribution in [0.15, 0.2) is 0 Å². The van der Waals surface area contributed by atoms with Gasteiger partial charge in [0.25, 0.3) is 0 Å². The predicted octanol–water partition coefficient (Wildman–Crippen LogP) is -11.4. The van der Waals surface area contributed by atoms with Gasteiger partial charge in [-0.1, -0.05) is 0 Å². The third kappa shape index (κ3) is 10.8. The Morgan fingerprint density at radius 1 is 0.333 bits per heavy atom. The molecule has 0 saturated carbocycles. The van der Waals surface area contributed by atoms with Gasteiger partial charge in [-0.2, -0.15) is 0 Å². The number of nitrogens with two attached hydrogens (primary N) is 1. The molecule has 0 aliphatic carbocycles. The van der Waals surface area contributed by atoms with Crippen LogP contribution in [0.2, 0.25) is 0 Å². The number of methoxy groups -OCH3 is 1. The van der Waals surface area contributed by atoms with E-state index in [-0.39, 0.29) is 0 Å². The first-order valence-corrected chi connectivity index (χ1v) is 21.3. The number of aliphatic hydroxyl groups excluding tert-OH is 16. The van der Waals surface area contributed by atoms with E-state index in [1.165, 1.54) is 13.8 Å². The Labute approximate surface area is 375 Å². The summed E-state index contributed by atoms with van der Waals surface area (Å²) in [5.74, 6) is 0. The fourth-order valence-corrected chi connectivity index (χ4v) is 8.61. The van der Waals surface area contributed by atoms with Gasteiger partial charge < -0.3 is 144 Å². The molecule has 6 aliphatic rings. The van der Waals surface area contributed by atoms with E-state index < -0.39 is 211 Å². The van der Waals surface area contributed by atoms with Crippen molar-refractivity contribution in [1.82, 2.24) is 0 Å². The fourth-order valence-electron chi connectivity index (χ4n) is 8.61. The molecular formula is C37H65NO28. The maximum Gasteiger partial charge on any atom is 0.187 e. The zero-order valence-corrected chi connectivity index (χ0v) is 35.8. The zero-order chi connectivity index (χ0) is 48.6. The van der Waals surface area contributed by atoms with E-state index in [0.717, 1.165) is 7.11 Å². The normalized spacial score (nSPS) is 54.0. The quantitative estimate of drug-likeness (QED) is 0.0724. The summed E-state index contributed by atoms with van der Waals surface area (Å²) in [6, 6.07) is -1.79. The first-order valence-electron chi connectivity index (χ1n) is 21.3. The Balaban J connectivity index is 1.32. The molecule has 0 radical (unpaired) electrons. The van der Waals surface area contributed by atoms with Crippen LogP contribution in [0.4, 0.5) is 0 Å². The minimum atomic E-state index is -2.09. The van der Waals surface area contributed by atoms with Crippen molar-refractivity contribution in [2.75, 3.05) is 33.5 Å². The van der Waals surface area contributed by atoms with E-state index in [1.54, 1.807) is 0 Å². The van der Waals surface area contributed by atoms with E-state index in [9.17, 15) is 81.7 Å². The summed E-state index contributed by atoms with van der Waals surface area (Å²) in [7, 11) is 1.16. The first kappa shape index (κ1) is 54.2. The zero-order valence-electron chi connectivity index (χ0n) is 35.8. The molecule has 0 aromatic rings. The van der Waals surface area contributed by atoms with Gasteiger partial charge in [-0.3, -0.25) is 0 Å². The predicted molar refractivity (Wildman–Crippen MR) is 203 cm³/mol. The van der Waals surface area contributed by atoms with Crippen LogP contribution >= 0.6 is 0 Å². The maximum atomic E-state index is 11.6. The summed E-state index contributed by atoms with van der Waals surface area (Å²) < 4.78 is 69.0. The van der Waals surface area contributed by atoms with Gasteiger partial charge in [0, 0.05) is 7.11 Å². The van der Waals surface area contributed by atoms with E-state index in [2.05, 4.69) is 0 Å². The number of rotatable bonds is 15. The van der Waals surface area contributed by atoms with Crippen LogP contribution in [0.5, 0.6) is 0 Å². The number of hydrogen-bond donors (Lipinski definition) is 17. The van der Waals surface area contributed by atoms with Crippen LogP contribution < -0.4 is 5.73 Å². The second-order valence-electron chi connectivity index (χ2n) is 17.0. The summed E-state index contributed by atoms with van der Waals surface area (Å²) in [4.78, 5) is 0. The molecule has 386 valence electrons. The smallest absolute Gasteiger partial charge is 0.187 e. The molecule has 0 amide bonds.